The van der Waals surface area contributed by atoms with Crippen LogP contribution in [0.25, 0.3) is 11.0 Å². The van der Waals surface area contributed by atoms with Crippen molar-refractivity contribution in [1.29, 1.82) is 0 Å². The first-order chi connectivity index (χ1) is 17.0. The molecule has 0 bridgehead atoms. The normalized spacial score (nSPS) is 18.2. The van der Waals surface area contributed by atoms with Crippen LogP contribution in [0.1, 0.15) is 49.8 Å². The van der Waals surface area contributed by atoms with Crippen molar-refractivity contribution in [2.45, 2.75) is 45.7 Å². The predicted molar refractivity (Wildman–Crippen MR) is 137 cm³/mol. The van der Waals surface area contributed by atoms with Gasteiger partial charge in [-0.05, 0) is 48.9 Å². The van der Waals surface area contributed by atoms with Crippen LogP contribution < -0.4 is 10.2 Å². The number of aryl methyl sites for hydroxylation is 2. The largest absolute Gasteiger partial charge is 0.449 e. The molecular formula is C27H36N6O2. The van der Waals surface area contributed by atoms with Gasteiger partial charge in [-0.25, -0.2) is 9.78 Å². The fourth-order valence-corrected chi connectivity index (χ4v) is 5.14. The number of nitrogens with one attached hydrogen (secondary N) is 1. The fourth-order valence-electron chi connectivity index (χ4n) is 5.14. The van der Waals surface area contributed by atoms with Gasteiger partial charge in [0, 0.05) is 39.4 Å². The molecule has 1 aromatic carbocycles. The van der Waals surface area contributed by atoms with Gasteiger partial charge in [0.05, 0.1) is 36.1 Å². The molecule has 8 heteroatoms. The molecule has 1 fully saturated rings. The monoisotopic (exact) mass is 476 g/mol. The van der Waals surface area contributed by atoms with E-state index < -0.39 is 0 Å². The number of aromatic nitrogens is 3. The average molecular weight is 477 g/mol. The highest BCUT2D eigenvalue weighted by molar-refractivity contribution is 5.89. The van der Waals surface area contributed by atoms with Crippen LogP contribution in [-0.4, -0.2) is 58.3 Å². The predicted octanol–water partition coefficient (Wildman–Crippen LogP) is 4.05. The molecule has 3 heterocycles. The van der Waals surface area contributed by atoms with Gasteiger partial charge in [-0.3, -0.25) is 4.98 Å². The topological polar surface area (TPSA) is 75.5 Å². The average Bonchev–Trinajstić information content (AvgIpc) is 3.21. The smallest absolute Gasteiger partial charge is 0.409 e. The van der Waals surface area contributed by atoms with E-state index in [9.17, 15) is 4.79 Å². The Bertz CT molecular complexity index is 1180. The number of fused-ring (bicyclic) bond motifs is 2. The first-order valence-corrected chi connectivity index (χ1v) is 12.8. The Hall–Kier alpha value is -3.13. The molecule has 1 aliphatic carbocycles. The second-order valence-corrected chi connectivity index (χ2v) is 10.1. The zero-order valence-corrected chi connectivity index (χ0v) is 21.0. The number of rotatable bonds is 6. The summed E-state index contributed by atoms with van der Waals surface area (Å²) >= 11 is 0. The second-order valence-electron chi connectivity index (χ2n) is 10.1. The minimum absolute atomic E-state index is 0.207. The number of hydrogen-bond acceptors (Lipinski definition) is 6. The van der Waals surface area contributed by atoms with Crippen molar-refractivity contribution >= 4 is 22.8 Å². The van der Waals surface area contributed by atoms with Gasteiger partial charge >= 0.3 is 6.09 Å². The van der Waals surface area contributed by atoms with Crippen LogP contribution in [0, 0.1) is 5.92 Å². The summed E-state index contributed by atoms with van der Waals surface area (Å²) in [5, 5.41) is 3.72. The SMILES string of the molecule is CC(C)COC(=O)N1CCN(c2cccc3c2nc(CNC2CCCc4cccnc42)n3C)CC1. The number of para-hydroxylation sites is 1. The summed E-state index contributed by atoms with van der Waals surface area (Å²) < 4.78 is 7.60. The summed E-state index contributed by atoms with van der Waals surface area (Å²) in [5.41, 5.74) is 5.81. The van der Waals surface area contributed by atoms with Crippen molar-refractivity contribution in [2.24, 2.45) is 13.0 Å². The molecule has 2 aliphatic rings. The van der Waals surface area contributed by atoms with Gasteiger partial charge in [0.25, 0.3) is 0 Å². The molecule has 3 aromatic rings. The minimum Gasteiger partial charge on any atom is -0.449 e. The number of amides is 1. The van der Waals surface area contributed by atoms with Gasteiger partial charge < -0.3 is 24.4 Å². The summed E-state index contributed by atoms with van der Waals surface area (Å²) in [6, 6.07) is 10.9. The van der Waals surface area contributed by atoms with Gasteiger partial charge in [0.15, 0.2) is 0 Å². The highest BCUT2D eigenvalue weighted by Crippen LogP contribution is 2.30. The Labute approximate surface area is 207 Å². The zero-order valence-electron chi connectivity index (χ0n) is 21.0. The van der Waals surface area contributed by atoms with Gasteiger partial charge in [-0.2, -0.15) is 0 Å². The summed E-state index contributed by atoms with van der Waals surface area (Å²) in [7, 11) is 2.09. The van der Waals surface area contributed by atoms with E-state index in [1.54, 1.807) is 0 Å². The van der Waals surface area contributed by atoms with Gasteiger partial charge in [-0.1, -0.05) is 26.0 Å². The van der Waals surface area contributed by atoms with Crippen molar-refractivity contribution in [3.63, 3.8) is 0 Å². The summed E-state index contributed by atoms with van der Waals surface area (Å²) in [6.45, 7) is 8.10. The second kappa shape index (κ2) is 10.2. The van der Waals surface area contributed by atoms with Crippen LogP contribution in [0.5, 0.6) is 0 Å². The molecule has 0 radical (unpaired) electrons. The molecule has 5 rings (SSSR count). The quantitative estimate of drug-likeness (QED) is 0.579. The molecule has 1 unspecified atom stereocenters. The standard InChI is InChI=1S/C27H36N6O2/c1-19(2)18-35-27(34)33-15-13-32(14-16-33)23-11-5-10-22-26(23)30-24(31(22)3)17-29-21-9-4-7-20-8-6-12-28-25(20)21/h5-6,8,10-12,19,21,29H,4,7,9,13-18H2,1-3H3. The Balaban J connectivity index is 1.28. The molecule has 1 N–H and O–H groups in total. The van der Waals surface area contributed by atoms with Crippen LogP contribution in [0.15, 0.2) is 36.5 Å². The third kappa shape index (κ3) is 4.98. The van der Waals surface area contributed by atoms with E-state index in [4.69, 9.17) is 9.72 Å². The number of pyridine rings is 1. The number of carbonyl (C=O) groups is 1. The lowest BCUT2D eigenvalue weighted by Crippen LogP contribution is -2.49. The number of anilines is 1. The van der Waals surface area contributed by atoms with Gasteiger partial charge in [-0.15, -0.1) is 0 Å². The van der Waals surface area contributed by atoms with Crippen molar-refractivity contribution < 1.29 is 9.53 Å². The molecule has 1 amide bonds. The van der Waals surface area contributed by atoms with E-state index >= 15 is 0 Å². The third-order valence-corrected chi connectivity index (χ3v) is 7.10. The van der Waals surface area contributed by atoms with Crippen molar-refractivity contribution in [2.75, 3.05) is 37.7 Å². The molecule has 1 saturated heterocycles. The number of benzene rings is 1. The number of piperazine rings is 1. The van der Waals surface area contributed by atoms with E-state index in [1.165, 1.54) is 17.7 Å². The summed E-state index contributed by atoms with van der Waals surface area (Å²) in [4.78, 5) is 26.2. The van der Waals surface area contributed by atoms with Gasteiger partial charge in [0.2, 0.25) is 0 Å². The Morgan fingerprint density at radius 2 is 2.00 bits per heavy atom. The molecule has 8 nitrogen and oxygen atoms in total. The van der Waals surface area contributed by atoms with Crippen LogP contribution in [-0.2, 0) is 24.8 Å². The van der Waals surface area contributed by atoms with Crippen LogP contribution in [0.4, 0.5) is 10.5 Å². The number of hydrogen-bond donors (Lipinski definition) is 1. The van der Waals surface area contributed by atoms with E-state index in [1.807, 2.05) is 31.0 Å². The molecule has 0 saturated carbocycles. The molecule has 186 valence electrons. The minimum atomic E-state index is -0.207. The van der Waals surface area contributed by atoms with Gasteiger partial charge in [0.1, 0.15) is 11.3 Å². The fraction of sp³-hybridized carbons (Fsp3) is 0.519. The lowest BCUT2D eigenvalue weighted by atomic mass is 9.92. The van der Waals surface area contributed by atoms with E-state index in [0.717, 1.165) is 48.5 Å². The maximum atomic E-state index is 12.3. The molecule has 1 atom stereocenters. The molecular weight excluding hydrogens is 440 g/mol. The van der Waals surface area contributed by atoms with E-state index in [0.29, 0.717) is 32.2 Å². The van der Waals surface area contributed by atoms with Crippen LogP contribution in [0.2, 0.25) is 0 Å². The van der Waals surface area contributed by atoms with Crippen molar-refractivity contribution in [3.05, 3.63) is 53.6 Å². The number of carbonyl (C=O) groups excluding carboxylic acids is 1. The molecule has 0 spiro atoms. The summed E-state index contributed by atoms with van der Waals surface area (Å²) in [6.07, 6.45) is 5.08. The maximum absolute atomic E-state index is 12.3. The molecule has 35 heavy (non-hydrogen) atoms. The summed E-state index contributed by atoms with van der Waals surface area (Å²) in [5.74, 6) is 1.36. The van der Waals surface area contributed by atoms with E-state index in [-0.39, 0.29) is 12.1 Å². The van der Waals surface area contributed by atoms with Crippen LogP contribution in [0.3, 0.4) is 0 Å². The lowest BCUT2D eigenvalue weighted by Gasteiger charge is -2.35. The Morgan fingerprint density at radius 3 is 2.80 bits per heavy atom. The van der Waals surface area contributed by atoms with Crippen molar-refractivity contribution in [3.8, 4) is 0 Å². The molecule has 2 aromatic heterocycles. The first-order valence-electron chi connectivity index (χ1n) is 12.8. The maximum Gasteiger partial charge on any atom is 0.409 e. The lowest BCUT2D eigenvalue weighted by molar-refractivity contribution is 0.0902. The van der Waals surface area contributed by atoms with Crippen LogP contribution >= 0.6 is 0 Å². The highest BCUT2D eigenvalue weighted by Gasteiger charge is 2.25. The Kier molecular flexibility index (Phi) is 6.90. The first kappa shape index (κ1) is 23.6. The van der Waals surface area contributed by atoms with Crippen molar-refractivity contribution in [1.82, 2.24) is 24.8 Å². The highest BCUT2D eigenvalue weighted by atomic mass is 16.6. The molecule has 1 aliphatic heterocycles. The number of nitrogens with zero attached hydrogens (tertiary/aromatic N) is 5. The zero-order chi connectivity index (χ0) is 24.4. The third-order valence-electron chi connectivity index (χ3n) is 7.10. The van der Waals surface area contributed by atoms with E-state index in [2.05, 4.69) is 51.1 Å². The number of imidazole rings is 1. The Morgan fingerprint density at radius 1 is 1.17 bits per heavy atom. The number of ether oxygens (including phenoxy) is 1.